The van der Waals surface area contributed by atoms with Crippen molar-refractivity contribution >= 4 is 51.7 Å². The summed E-state index contributed by atoms with van der Waals surface area (Å²) in [6, 6.07) is 14.7. The molecule has 1 fully saturated rings. The third-order valence-electron chi connectivity index (χ3n) is 5.39. The quantitative estimate of drug-likeness (QED) is 0.453. The standard InChI is InChI=1S/C23H21ClN6O2/c24-15-6-3-5-14(11-15)12-27-30-21(25)19(23(31)26-13-16-7-4-10-32-16)20-22(30)29-18-9-2-1-8-17(18)28-20/h1-3,5-6,8-9,11-12,16H,4,7,10,13,25H2,(H,26,31)/b27-12-/t16-/m1/s1. The van der Waals surface area contributed by atoms with Gasteiger partial charge in [-0.3, -0.25) is 4.79 Å². The van der Waals surface area contributed by atoms with Crippen LogP contribution in [0.15, 0.2) is 53.6 Å². The molecule has 5 rings (SSSR count). The maximum atomic E-state index is 13.1. The van der Waals surface area contributed by atoms with E-state index in [4.69, 9.17) is 22.1 Å². The molecule has 1 atom stereocenters. The molecule has 0 bridgehead atoms. The molecule has 1 amide bonds. The largest absolute Gasteiger partial charge is 0.383 e. The number of nitrogens with one attached hydrogen (secondary N) is 1. The van der Waals surface area contributed by atoms with E-state index in [1.165, 1.54) is 4.68 Å². The van der Waals surface area contributed by atoms with Gasteiger partial charge in [0.15, 0.2) is 5.65 Å². The predicted octanol–water partition coefficient (Wildman–Crippen LogP) is 3.61. The van der Waals surface area contributed by atoms with E-state index in [0.29, 0.717) is 33.8 Å². The van der Waals surface area contributed by atoms with Crippen LogP contribution in [-0.2, 0) is 4.74 Å². The lowest BCUT2D eigenvalue weighted by atomic mass is 10.2. The molecule has 3 N–H and O–H groups in total. The van der Waals surface area contributed by atoms with Crippen LogP contribution < -0.4 is 11.1 Å². The van der Waals surface area contributed by atoms with Crippen LogP contribution in [0.5, 0.6) is 0 Å². The number of carbonyl (C=O) groups excluding carboxylic acids is 1. The Morgan fingerprint density at radius 3 is 2.81 bits per heavy atom. The van der Waals surface area contributed by atoms with E-state index in [-0.39, 0.29) is 23.4 Å². The smallest absolute Gasteiger partial charge is 0.257 e. The molecule has 0 saturated carbocycles. The molecule has 32 heavy (non-hydrogen) atoms. The number of aromatic nitrogens is 3. The summed E-state index contributed by atoms with van der Waals surface area (Å²) in [6.45, 7) is 1.13. The number of nitrogen functional groups attached to an aromatic ring is 1. The van der Waals surface area contributed by atoms with Gasteiger partial charge in [-0.1, -0.05) is 35.9 Å². The first-order chi connectivity index (χ1) is 15.6. The second-order valence-corrected chi connectivity index (χ2v) is 8.04. The number of carbonyl (C=O) groups is 1. The normalized spacial score (nSPS) is 16.3. The SMILES string of the molecule is Nc1c(C(=O)NC[C@H]2CCCO2)c2nc3ccccc3nc2n1/N=C\c1cccc(Cl)c1. The molecule has 0 spiro atoms. The summed E-state index contributed by atoms with van der Waals surface area (Å²) in [4.78, 5) is 22.5. The minimum absolute atomic E-state index is 0.0151. The Morgan fingerprint density at radius 1 is 1.25 bits per heavy atom. The van der Waals surface area contributed by atoms with Crippen LogP contribution in [0.1, 0.15) is 28.8 Å². The maximum absolute atomic E-state index is 13.1. The topological polar surface area (TPSA) is 107 Å². The molecule has 1 aliphatic heterocycles. The van der Waals surface area contributed by atoms with Gasteiger partial charge in [-0.15, -0.1) is 0 Å². The molecule has 9 heteroatoms. The Bertz CT molecular complexity index is 1340. The van der Waals surface area contributed by atoms with Crippen LogP contribution in [0.4, 0.5) is 5.82 Å². The van der Waals surface area contributed by atoms with Gasteiger partial charge in [0.25, 0.3) is 5.91 Å². The lowest BCUT2D eigenvalue weighted by Crippen LogP contribution is -2.32. The van der Waals surface area contributed by atoms with Gasteiger partial charge in [0.05, 0.1) is 23.4 Å². The first-order valence-corrected chi connectivity index (χ1v) is 10.7. The van der Waals surface area contributed by atoms with Crippen molar-refractivity contribution in [3.63, 3.8) is 0 Å². The third kappa shape index (κ3) is 3.90. The van der Waals surface area contributed by atoms with E-state index >= 15 is 0 Å². The number of benzene rings is 2. The number of para-hydroxylation sites is 2. The third-order valence-corrected chi connectivity index (χ3v) is 5.62. The zero-order valence-electron chi connectivity index (χ0n) is 17.2. The van der Waals surface area contributed by atoms with Crippen molar-refractivity contribution in [1.82, 2.24) is 20.0 Å². The Morgan fingerprint density at radius 2 is 2.06 bits per heavy atom. The molecule has 1 saturated heterocycles. The fourth-order valence-corrected chi connectivity index (χ4v) is 4.00. The minimum Gasteiger partial charge on any atom is -0.383 e. The number of amides is 1. The van der Waals surface area contributed by atoms with Gasteiger partial charge >= 0.3 is 0 Å². The summed E-state index contributed by atoms with van der Waals surface area (Å²) in [5.74, 6) is -0.164. The van der Waals surface area contributed by atoms with Crippen molar-refractivity contribution in [3.05, 3.63) is 64.7 Å². The highest BCUT2D eigenvalue weighted by molar-refractivity contribution is 6.30. The number of rotatable bonds is 5. The molecular formula is C23H21ClN6O2. The van der Waals surface area contributed by atoms with E-state index in [2.05, 4.69) is 20.4 Å². The maximum Gasteiger partial charge on any atom is 0.257 e. The zero-order valence-corrected chi connectivity index (χ0v) is 17.9. The van der Waals surface area contributed by atoms with Crippen LogP contribution in [-0.4, -0.2) is 46.0 Å². The van der Waals surface area contributed by atoms with E-state index in [9.17, 15) is 4.79 Å². The summed E-state index contributed by atoms with van der Waals surface area (Å²) in [7, 11) is 0. The van der Waals surface area contributed by atoms with Gasteiger partial charge in [0, 0.05) is 18.2 Å². The molecule has 162 valence electrons. The van der Waals surface area contributed by atoms with Gasteiger partial charge < -0.3 is 15.8 Å². The van der Waals surface area contributed by atoms with E-state index < -0.39 is 0 Å². The second-order valence-electron chi connectivity index (χ2n) is 7.60. The number of hydrogen-bond acceptors (Lipinski definition) is 6. The lowest BCUT2D eigenvalue weighted by Gasteiger charge is -2.10. The average molecular weight is 449 g/mol. The first kappa shape index (κ1) is 20.4. The highest BCUT2D eigenvalue weighted by atomic mass is 35.5. The number of nitrogens with zero attached hydrogens (tertiary/aromatic N) is 4. The Labute approximate surface area is 189 Å². The molecule has 0 radical (unpaired) electrons. The van der Waals surface area contributed by atoms with Crippen LogP contribution in [0.2, 0.25) is 5.02 Å². The van der Waals surface area contributed by atoms with E-state index in [0.717, 1.165) is 25.0 Å². The monoisotopic (exact) mass is 448 g/mol. The number of ether oxygens (including phenoxy) is 1. The second kappa shape index (κ2) is 8.57. The average Bonchev–Trinajstić information content (AvgIpc) is 3.40. The van der Waals surface area contributed by atoms with Crippen molar-refractivity contribution < 1.29 is 9.53 Å². The fourth-order valence-electron chi connectivity index (χ4n) is 3.80. The van der Waals surface area contributed by atoms with Crippen LogP contribution in [0, 0.1) is 0 Å². The number of fused-ring (bicyclic) bond motifs is 2. The molecule has 8 nitrogen and oxygen atoms in total. The minimum atomic E-state index is -0.329. The molecule has 3 heterocycles. The first-order valence-electron chi connectivity index (χ1n) is 10.4. The number of halogens is 1. The van der Waals surface area contributed by atoms with Crippen molar-refractivity contribution in [2.75, 3.05) is 18.9 Å². The fraction of sp³-hybridized carbons (Fsp3) is 0.217. The summed E-state index contributed by atoms with van der Waals surface area (Å²) < 4.78 is 7.04. The van der Waals surface area contributed by atoms with Crippen molar-refractivity contribution in [2.45, 2.75) is 18.9 Å². The van der Waals surface area contributed by atoms with E-state index in [1.807, 2.05) is 36.4 Å². The van der Waals surface area contributed by atoms with Crippen molar-refractivity contribution in [3.8, 4) is 0 Å². The zero-order chi connectivity index (χ0) is 22.1. The number of anilines is 1. The Kier molecular flexibility index (Phi) is 5.46. The van der Waals surface area contributed by atoms with Gasteiger partial charge in [-0.05, 0) is 42.7 Å². The Hall–Kier alpha value is -3.49. The molecular weight excluding hydrogens is 428 g/mol. The molecule has 2 aromatic heterocycles. The van der Waals surface area contributed by atoms with Gasteiger partial charge in [-0.2, -0.15) is 9.78 Å². The van der Waals surface area contributed by atoms with Crippen LogP contribution in [0.25, 0.3) is 22.2 Å². The summed E-state index contributed by atoms with van der Waals surface area (Å²) in [5, 5.41) is 8.01. The molecule has 1 aliphatic rings. The van der Waals surface area contributed by atoms with Crippen molar-refractivity contribution in [1.29, 1.82) is 0 Å². The highest BCUT2D eigenvalue weighted by Gasteiger charge is 2.25. The van der Waals surface area contributed by atoms with E-state index in [1.54, 1.807) is 18.3 Å². The summed E-state index contributed by atoms with van der Waals surface area (Å²) in [5.41, 5.74) is 9.60. The van der Waals surface area contributed by atoms with Gasteiger partial charge in [0.2, 0.25) is 0 Å². The van der Waals surface area contributed by atoms with Crippen molar-refractivity contribution in [2.24, 2.45) is 5.10 Å². The van der Waals surface area contributed by atoms with Gasteiger partial charge in [-0.25, -0.2) is 9.97 Å². The molecule has 4 aromatic rings. The molecule has 0 aliphatic carbocycles. The number of nitrogens with two attached hydrogens (primary N) is 1. The molecule has 2 aromatic carbocycles. The number of hydrogen-bond donors (Lipinski definition) is 2. The van der Waals surface area contributed by atoms with Crippen LogP contribution >= 0.6 is 11.6 Å². The lowest BCUT2D eigenvalue weighted by molar-refractivity contribution is 0.0859. The Balaban J connectivity index is 1.59. The van der Waals surface area contributed by atoms with Crippen LogP contribution in [0.3, 0.4) is 0 Å². The predicted molar refractivity (Wildman–Crippen MR) is 125 cm³/mol. The summed E-state index contributed by atoms with van der Waals surface area (Å²) in [6.07, 6.45) is 3.55. The van der Waals surface area contributed by atoms with Gasteiger partial charge in [0.1, 0.15) is 16.9 Å². The molecule has 0 unspecified atom stereocenters. The highest BCUT2D eigenvalue weighted by Crippen LogP contribution is 2.28. The summed E-state index contributed by atoms with van der Waals surface area (Å²) >= 11 is 6.07.